The fraction of sp³-hybridized carbons (Fsp3) is 0.393. The van der Waals surface area contributed by atoms with Gasteiger partial charge in [-0.1, -0.05) is 37.5 Å². The molecule has 0 spiro atoms. The van der Waals surface area contributed by atoms with Crippen molar-refractivity contribution < 1.29 is 49.2 Å². The number of nitrogen functional groups attached to an aromatic ring is 1. The van der Waals surface area contributed by atoms with Gasteiger partial charge in [0.15, 0.2) is 22.3 Å². The van der Waals surface area contributed by atoms with Crippen LogP contribution in [0, 0.1) is 5.41 Å². The molecule has 4 rings (SSSR count). The number of rotatable bonds is 13. The number of carboxylic acids is 2. The minimum atomic E-state index is -1.42. The number of aromatic nitrogens is 1. The van der Waals surface area contributed by atoms with E-state index < -0.39 is 69.8 Å². The molecule has 2 aliphatic heterocycles. The lowest BCUT2D eigenvalue weighted by atomic mass is 9.89. The number of thiazole rings is 1. The highest BCUT2D eigenvalue weighted by molar-refractivity contribution is 8.01. The van der Waals surface area contributed by atoms with Crippen LogP contribution in [0.5, 0.6) is 11.5 Å². The number of nitrogens with two attached hydrogens (primary N) is 1. The molecule has 3 heterocycles. The molecule has 0 radical (unpaired) electrons. The second-order valence-electron chi connectivity index (χ2n) is 11.4. The van der Waals surface area contributed by atoms with Crippen LogP contribution in [0.25, 0.3) is 0 Å². The lowest BCUT2D eigenvalue weighted by Crippen LogP contribution is -2.71. The van der Waals surface area contributed by atoms with Gasteiger partial charge in [0.2, 0.25) is 6.10 Å². The highest BCUT2D eigenvalue weighted by Crippen LogP contribution is 2.41. The van der Waals surface area contributed by atoms with E-state index in [1.54, 1.807) is 20.8 Å². The van der Waals surface area contributed by atoms with Crippen LogP contribution in [0.15, 0.2) is 33.9 Å². The molecular formula is C28H31ClN6O10S3. The summed E-state index contributed by atoms with van der Waals surface area (Å²) >= 11 is 9.49. The standard InChI is InChI=1S/C28H31ClN6O10S3/c1-28(2,3)20(26(43)44)45-34-16(13-10-48-27(30)32-13)22(39)33-17-23(40)35-18(25(41)42)11(9-47-24(17)35)8-46-7-6-31-21(38)12-4-5-14(36)19(37)15(12)29/h4-5,10,17,20,24,36-37H,6-9H2,1-3H3,(H2,30,32)(H,31,38)(H,33,39)(H,41,42)(H,43,44)/b34-16-/t17-,20?,24-/m1/s1. The summed E-state index contributed by atoms with van der Waals surface area (Å²) in [6.45, 7) is 5.02. The molecule has 16 nitrogen and oxygen atoms in total. The zero-order valence-corrected chi connectivity index (χ0v) is 28.8. The second-order valence-corrected chi connectivity index (χ2v) is 14.9. The molecule has 0 aliphatic carbocycles. The fourth-order valence-corrected chi connectivity index (χ4v) is 7.69. The number of phenols is 2. The average Bonchev–Trinajstić information content (AvgIpc) is 3.44. The third-order valence-electron chi connectivity index (χ3n) is 6.92. The molecule has 1 unspecified atom stereocenters. The molecule has 48 heavy (non-hydrogen) atoms. The number of thioether (sulfide) groups is 2. The zero-order chi connectivity index (χ0) is 35.5. The summed E-state index contributed by atoms with van der Waals surface area (Å²) in [6, 6.07) is 1.28. The van der Waals surface area contributed by atoms with Crippen LogP contribution in [0.1, 0.15) is 36.8 Å². The number of phenolic OH excluding ortho intramolecular Hbond substituents is 2. The van der Waals surface area contributed by atoms with E-state index in [9.17, 15) is 44.4 Å². The number of nitrogens with one attached hydrogen (secondary N) is 2. The van der Waals surface area contributed by atoms with Crippen LogP contribution in [0.2, 0.25) is 5.02 Å². The summed E-state index contributed by atoms with van der Waals surface area (Å²) in [5.74, 6) is -5.01. The highest BCUT2D eigenvalue weighted by Gasteiger charge is 2.54. The van der Waals surface area contributed by atoms with E-state index in [2.05, 4.69) is 20.8 Å². The number of benzene rings is 1. The van der Waals surface area contributed by atoms with Gasteiger partial charge in [0.05, 0.1) is 10.6 Å². The van der Waals surface area contributed by atoms with Crippen LogP contribution in [-0.4, -0.2) is 107 Å². The van der Waals surface area contributed by atoms with E-state index in [1.165, 1.54) is 35.0 Å². The molecule has 8 N–H and O–H groups in total. The Morgan fingerprint density at radius 1 is 1.25 bits per heavy atom. The van der Waals surface area contributed by atoms with Gasteiger partial charge in [0, 0.05) is 34.6 Å². The number of aromatic hydroxyl groups is 2. The molecule has 20 heteroatoms. The predicted molar refractivity (Wildman–Crippen MR) is 179 cm³/mol. The van der Waals surface area contributed by atoms with Crippen LogP contribution in [-0.2, 0) is 24.0 Å². The highest BCUT2D eigenvalue weighted by atomic mass is 35.5. The maximum Gasteiger partial charge on any atom is 0.352 e. The molecule has 1 aromatic heterocycles. The number of hydrogen-bond acceptors (Lipinski definition) is 14. The average molecular weight is 743 g/mol. The summed E-state index contributed by atoms with van der Waals surface area (Å²) in [6.07, 6.45) is -1.42. The Bertz CT molecular complexity index is 1710. The molecule has 258 valence electrons. The van der Waals surface area contributed by atoms with Crippen molar-refractivity contribution >= 4 is 87.0 Å². The van der Waals surface area contributed by atoms with Crippen LogP contribution >= 0.6 is 46.5 Å². The molecular weight excluding hydrogens is 712 g/mol. The van der Waals surface area contributed by atoms with E-state index in [0.717, 1.165) is 22.3 Å². The van der Waals surface area contributed by atoms with Gasteiger partial charge in [-0.05, 0) is 17.7 Å². The Morgan fingerprint density at radius 2 is 1.96 bits per heavy atom. The van der Waals surface area contributed by atoms with E-state index in [0.29, 0.717) is 11.3 Å². The summed E-state index contributed by atoms with van der Waals surface area (Å²) in [7, 11) is 0. The van der Waals surface area contributed by atoms with Gasteiger partial charge in [0.1, 0.15) is 22.8 Å². The van der Waals surface area contributed by atoms with Gasteiger partial charge in [-0.25, -0.2) is 14.6 Å². The molecule has 2 aliphatic rings. The number of oxime groups is 1. The number of carboxylic acid groups (broad SMARTS) is 2. The molecule has 1 saturated heterocycles. The summed E-state index contributed by atoms with van der Waals surface area (Å²) in [5, 5.41) is 48.3. The number of carbonyl (C=O) groups excluding carboxylic acids is 3. The zero-order valence-electron chi connectivity index (χ0n) is 25.6. The first-order valence-electron chi connectivity index (χ1n) is 14.0. The Balaban J connectivity index is 1.40. The van der Waals surface area contributed by atoms with Crippen molar-refractivity contribution in [1.29, 1.82) is 0 Å². The summed E-state index contributed by atoms with van der Waals surface area (Å²) < 4.78 is 0. The number of nitrogens with zero attached hydrogens (tertiary/aromatic N) is 3. The number of carbonyl (C=O) groups is 5. The van der Waals surface area contributed by atoms with Crippen molar-refractivity contribution in [2.75, 3.05) is 29.5 Å². The lowest BCUT2D eigenvalue weighted by Gasteiger charge is -2.49. The van der Waals surface area contributed by atoms with Crippen molar-refractivity contribution in [3.8, 4) is 11.5 Å². The first-order valence-corrected chi connectivity index (χ1v) is 17.4. The quantitative estimate of drug-likeness (QED) is 0.0509. The van der Waals surface area contributed by atoms with Gasteiger partial charge >= 0.3 is 11.9 Å². The second kappa shape index (κ2) is 14.9. The summed E-state index contributed by atoms with van der Waals surface area (Å²) in [4.78, 5) is 73.4. The van der Waals surface area contributed by atoms with Crippen LogP contribution < -0.4 is 16.4 Å². The Labute approximate surface area is 290 Å². The Morgan fingerprint density at radius 3 is 2.56 bits per heavy atom. The minimum absolute atomic E-state index is 0.00101. The number of anilines is 1. The molecule has 1 fully saturated rings. The third kappa shape index (κ3) is 7.91. The van der Waals surface area contributed by atoms with Crippen molar-refractivity contribution in [2.24, 2.45) is 10.6 Å². The Hall–Kier alpha value is -4.20. The van der Waals surface area contributed by atoms with E-state index >= 15 is 0 Å². The van der Waals surface area contributed by atoms with Crippen molar-refractivity contribution in [1.82, 2.24) is 20.5 Å². The first-order chi connectivity index (χ1) is 22.5. The molecule has 3 atom stereocenters. The van der Waals surface area contributed by atoms with E-state index in [-0.39, 0.29) is 45.2 Å². The maximum absolute atomic E-state index is 13.4. The van der Waals surface area contributed by atoms with E-state index in [1.807, 2.05) is 0 Å². The number of β-lactam (4-membered cyclic amide) rings is 1. The minimum Gasteiger partial charge on any atom is -0.504 e. The smallest absolute Gasteiger partial charge is 0.352 e. The van der Waals surface area contributed by atoms with E-state index in [4.69, 9.17) is 22.2 Å². The number of amides is 3. The number of hydrogen-bond donors (Lipinski definition) is 7. The van der Waals surface area contributed by atoms with Gasteiger partial charge < -0.3 is 41.6 Å². The first kappa shape index (κ1) is 36.6. The lowest BCUT2D eigenvalue weighted by molar-refractivity contribution is -0.158. The van der Waals surface area contributed by atoms with Gasteiger partial charge in [-0.2, -0.15) is 11.8 Å². The molecule has 3 amide bonds. The normalized spacial score (nSPS) is 18.5. The van der Waals surface area contributed by atoms with Crippen molar-refractivity contribution in [3.63, 3.8) is 0 Å². The largest absolute Gasteiger partial charge is 0.504 e. The topological polar surface area (TPSA) is 254 Å². The van der Waals surface area contributed by atoms with Crippen molar-refractivity contribution in [3.05, 3.63) is 45.1 Å². The monoisotopic (exact) mass is 742 g/mol. The maximum atomic E-state index is 13.4. The van der Waals surface area contributed by atoms with Crippen LogP contribution in [0.4, 0.5) is 5.13 Å². The predicted octanol–water partition coefficient (Wildman–Crippen LogP) is 1.91. The number of fused-ring (bicyclic) bond motifs is 1. The van der Waals surface area contributed by atoms with Crippen LogP contribution in [0.3, 0.4) is 0 Å². The van der Waals surface area contributed by atoms with Gasteiger partial charge in [0.25, 0.3) is 17.7 Å². The van der Waals surface area contributed by atoms with Gasteiger partial charge in [-0.3, -0.25) is 19.3 Å². The summed E-state index contributed by atoms with van der Waals surface area (Å²) in [5.41, 5.74) is 4.66. The Kier molecular flexibility index (Phi) is 11.4. The fourth-order valence-electron chi connectivity index (χ4n) is 4.54. The molecule has 1 aromatic carbocycles. The molecule has 0 bridgehead atoms. The number of aliphatic carboxylic acids is 2. The van der Waals surface area contributed by atoms with Crippen molar-refractivity contribution in [2.45, 2.75) is 38.3 Å². The van der Waals surface area contributed by atoms with Gasteiger partial charge in [-0.15, -0.1) is 23.1 Å². The SMILES string of the molecule is CC(C)(C)C(O/N=C(\C(=O)N[C@@H]1C(=O)N2C(C(=O)O)=C(CSCCNC(=O)c3ccc(O)c(O)c3Cl)CS[C@H]12)c1csc(N)n1)C(=O)O. The third-order valence-corrected chi connectivity index (χ3v) is 10.4. The molecule has 2 aromatic rings. The molecule has 0 saturated carbocycles. The number of halogens is 1.